The number of rotatable bonds is 0. The SMILES string of the molecule is C1=CC2=C(CO1)N2.CC(C)(C)OC(N)=O. The summed E-state index contributed by atoms with van der Waals surface area (Å²) in [6.07, 6.45) is 2.91. The molecule has 2 heterocycles. The first kappa shape index (κ1) is 11.4. The second-order valence-electron chi connectivity index (χ2n) is 4.16. The van der Waals surface area contributed by atoms with E-state index in [-0.39, 0.29) is 0 Å². The predicted octanol–water partition coefficient (Wildman–Crippen LogP) is 1.23. The first-order valence-corrected chi connectivity index (χ1v) is 4.65. The lowest BCUT2D eigenvalue weighted by Gasteiger charge is -2.16. The normalized spacial score (nSPS) is 16.5. The lowest BCUT2D eigenvalue weighted by atomic mass is 10.2. The fourth-order valence-corrected chi connectivity index (χ4v) is 0.937. The standard InChI is InChI=1S/C5H11NO2.C5H5NO/c1-5(2,3)8-4(6)7;1-2-7-3-5-4(1)6-5/h1-3H3,(H2,6,7);1-2,6H,3H2. The van der Waals surface area contributed by atoms with E-state index in [1.165, 1.54) is 11.4 Å². The van der Waals surface area contributed by atoms with Crippen molar-refractivity contribution < 1.29 is 14.3 Å². The van der Waals surface area contributed by atoms with Gasteiger partial charge in [0.1, 0.15) is 12.2 Å². The van der Waals surface area contributed by atoms with Crippen LogP contribution in [0.2, 0.25) is 0 Å². The highest BCUT2D eigenvalue weighted by Crippen LogP contribution is 2.19. The van der Waals surface area contributed by atoms with Crippen molar-refractivity contribution in [2.45, 2.75) is 26.4 Å². The molecule has 0 aliphatic carbocycles. The van der Waals surface area contributed by atoms with Gasteiger partial charge < -0.3 is 20.5 Å². The van der Waals surface area contributed by atoms with Gasteiger partial charge in [0.05, 0.1) is 17.7 Å². The third-order valence-corrected chi connectivity index (χ3v) is 1.51. The molecule has 0 saturated carbocycles. The molecule has 3 N–H and O–H groups in total. The maximum Gasteiger partial charge on any atom is 0.405 e. The van der Waals surface area contributed by atoms with Crippen molar-refractivity contribution in [2.75, 3.05) is 6.61 Å². The third kappa shape index (κ3) is 4.95. The minimum absolute atomic E-state index is 0.453. The maximum atomic E-state index is 10.0. The number of ether oxygens (including phenoxy) is 2. The molecular weight excluding hydrogens is 196 g/mol. The van der Waals surface area contributed by atoms with Crippen molar-refractivity contribution in [3.05, 3.63) is 23.7 Å². The van der Waals surface area contributed by atoms with Crippen LogP contribution >= 0.6 is 0 Å². The molecule has 2 aliphatic rings. The summed E-state index contributed by atoms with van der Waals surface area (Å²) in [5, 5.41) is 3.05. The Hall–Kier alpha value is -1.65. The summed E-state index contributed by atoms with van der Waals surface area (Å²) in [5.74, 6) is 0. The van der Waals surface area contributed by atoms with E-state index in [9.17, 15) is 4.79 Å². The summed E-state index contributed by atoms with van der Waals surface area (Å²) < 4.78 is 9.50. The van der Waals surface area contributed by atoms with Gasteiger partial charge in [-0.15, -0.1) is 0 Å². The van der Waals surface area contributed by atoms with Gasteiger partial charge in [0, 0.05) is 0 Å². The molecule has 5 heteroatoms. The molecule has 0 bridgehead atoms. The van der Waals surface area contributed by atoms with Crippen molar-refractivity contribution in [3.63, 3.8) is 0 Å². The number of amides is 1. The monoisotopic (exact) mass is 212 g/mol. The Morgan fingerprint density at radius 3 is 2.53 bits per heavy atom. The summed E-state index contributed by atoms with van der Waals surface area (Å²) >= 11 is 0. The number of nitrogens with one attached hydrogen (secondary N) is 1. The van der Waals surface area contributed by atoms with E-state index in [4.69, 9.17) is 10.5 Å². The van der Waals surface area contributed by atoms with Crippen LogP contribution in [0.4, 0.5) is 4.79 Å². The Morgan fingerprint density at radius 2 is 2.27 bits per heavy atom. The zero-order valence-corrected chi connectivity index (χ0v) is 9.16. The molecule has 0 unspecified atom stereocenters. The van der Waals surface area contributed by atoms with Crippen LogP contribution in [-0.2, 0) is 9.47 Å². The Bertz CT molecular complexity index is 313. The molecule has 0 aromatic carbocycles. The minimum atomic E-state index is -0.725. The first-order valence-electron chi connectivity index (χ1n) is 4.65. The molecule has 0 spiro atoms. The van der Waals surface area contributed by atoms with Gasteiger partial charge in [-0.05, 0) is 26.8 Å². The van der Waals surface area contributed by atoms with Crippen LogP contribution in [0.5, 0.6) is 0 Å². The molecule has 84 valence electrons. The van der Waals surface area contributed by atoms with Gasteiger partial charge in [-0.1, -0.05) is 0 Å². The highest BCUT2D eigenvalue weighted by molar-refractivity contribution is 5.65. The fraction of sp³-hybridized carbons (Fsp3) is 0.500. The quantitative estimate of drug-likeness (QED) is 0.632. The van der Waals surface area contributed by atoms with Gasteiger partial charge in [0.25, 0.3) is 0 Å². The van der Waals surface area contributed by atoms with E-state index in [0.29, 0.717) is 0 Å². The molecule has 15 heavy (non-hydrogen) atoms. The van der Waals surface area contributed by atoms with Crippen molar-refractivity contribution in [1.29, 1.82) is 0 Å². The molecule has 0 aromatic heterocycles. The summed E-state index contributed by atoms with van der Waals surface area (Å²) in [6, 6.07) is 0. The van der Waals surface area contributed by atoms with Gasteiger partial charge in [0.2, 0.25) is 0 Å². The molecule has 0 saturated heterocycles. The van der Waals surface area contributed by atoms with Crippen LogP contribution in [0.1, 0.15) is 20.8 Å². The molecule has 2 aliphatic heterocycles. The smallest absolute Gasteiger partial charge is 0.405 e. The maximum absolute atomic E-state index is 10.0. The molecule has 5 nitrogen and oxygen atoms in total. The highest BCUT2D eigenvalue weighted by Gasteiger charge is 2.20. The summed E-state index contributed by atoms with van der Waals surface area (Å²) in [6.45, 7) is 6.03. The first-order chi connectivity index (χ1) is 6.88. The molecule has 0 atom stereocenters. The Kier molecular flexibility index (Phi) is 3.24. The third-order valence-electron chi connectivity index (χ3n) is 1.51. The van der Waals surface area contributed by atoms with E-state index in [1.54, 1.807) is 27.0 Å². The zero-order chi connectivity index (χ0) is 11.5. The summed E-state index contributed by atoms with van der Waals surface area (Å²) in [4.78, 5) is 10.0. The van der Waals surface area contributed by atoms with E-state index >= 15 is 0 Å². The minimum Gasteiger partial charge on any atom is -0.495 e. The molecule has 0 radical (unpaired) electrons. The van der Waals surface area contributed by atoms with Crippen LogP contribution in [0.15, 0.2) is 23.7 Å². The van der Waals surface area contributed by atoms with Crippen LogP contribution in [0.25, 0.3) is 0 Å². The average Bonchev–Trinajstić information content (AvgIpc) is 2.77. The van der Waals surface area contributed by atoms with Crippen molar-refractivity contribution in [1.82, 2.24) is 5.32 Å². The lowest BCUT2D eigenvalue weighted by molar-refractivity contribution is 0.0600. The second kappa shape index (κ2) is 4.25. The van der Waals surface area contributed by atoms with E-state index in [2.05, 4.69) is 10.1 Å². The largest absolute Gasteiger partial charge is 0.495 e. The number of primary amides is 1. The van der Waals surface area contributed by atoms with Crippen LogP contribution in [0.3, 0.4) is 0 Å². The number of allylic oxidation sites excluding steroid dienone is 1. The summed E-state index contributed by atoms with van der Waals surface area (Å²) in [5.41, 5.74) is 6.75. The van der Waals surface area contributed by atoms with Crippen molar-refractivity contribution >= 4 is 6.09 Å². The van der Waals surface area contributed by atoms with Crippen molar-refractivity contribution in [3.8, 4) is 0 Å². The molecule has 1 amide bonds. The Balaban J connectivity index is 0.000000150. The Labute approximate surface area is 88.9 Å². The zero-order valence-electron chi connectivity index (χ0n) is 9.16. The topological polar surface area (TPSA) is 83.5 Å². The molecule has 2 rings (SSSR count). The summed E-state index contributed by atoms with van der Waals surface area (Å²) in [7, 11) is 0. The van der Waals surface area contributed by atoms with E-state index < -0.39 is 11.7 Å². The molecule has 0 aromatic rings. The lowest BCUT2D eigenvalue weighted by Crippen LogP contribution is -2.27. The number of nitrogens with two attached hydrogens (primary N) is 1. The number of hydrogen-bond acceptors (Lipinski definition) is 4. The molecular formula is C10H16N2O3. The van der Waals surface area contributed by atoms with Gasteiger partial charge in [-0.3, -0.25) is 0 Å². The second-order valence-corrected chi connectivity index (χ2v) is 4.16. The Morgan fingerprint density at radius 1 is 1.60 bits per heavy atom. The number of carbonyl (C=O) groups excluding carboxylic acids is 1. The van der Waals surface area contributed by atoms with Crippen molar-refractivity contribution in [2.24, 2.45) is 5.73 Å². The predicted molar refractivity (Wildman–Crippen MR) is 55.7 cm³/mol. The van der Waals surface area contributed by atoms with Gasteiger partial charge in [-0.25, -0.2) is 4.79 Å². The van der Waals surface area contributed by atoms with Gasteiger partial charge >= 0.3 is 6.09 Å². The van der Waals surface area contributed by atoms with E-state index in [1.807, 2.05) is 6.08 Å². The van der Waals surface area contributed by atoms with Crippen LogP contribution in [-0.4, -0.2) is 18.3 Å². The van der Waals surface area contributed by atoms with Gasteiger partial charge in [0.15, 0.2) is 0 Å². The molecule has 0 fully saturated rings. The number of hydrogen-bond donors (Lipinski definition) is 2. The van der Waals surface area contributed by atoms with Crippen LogP contribution in [0, 0.1) is 0 Å². The number of carbonyl (C=O) groups is 1. The van der Waals surface area contributed by atoms with Gasteiger partial charge in [-0.2, -0.15) is 0 Å². The highest BCUT2D eigenvalue weighted by atomic mass is 16.6. The van der Waals surface area contributed by atoms with Crippen LogP contribution < -0.4 is 11.1 Å². The average molecular weight is 212 g/mol. The fourth-order valence-electron chi connectivity index (χ4n) is 0.937. The van der Waals surface area contributed by atoms with E-state index in [0.717, 1.165) is 6.61 Å².